The summed E-state index contributed by atoms with van der Waals surface area (Å²) in [6.07, 6.45) is -1.39. The molecule has 2 aromatic rings. The molecule has 0 aliphatic rings. The fourth-order valence-electron chi connectivity index (χ4n) is 2.17. The van der Waals surface area contributed by atoms with E-state index in [0.717, 1.165) is 11.1 Å². The molecule has 20 heavy (non-hydrogen) atoms. The van der Waals surface area contributed by atoms with Crippen molar-refractivity contribution < 1.29 is 15.0 Å². The van der Waals surface area contributed by atoms with Crippen molar-refractivity contribution in [1.29, 1.82) is 0 Å². The lowest BCUT2D eigenvalue weighted by Crippen LogP contribution is -2.18. The van der Waals surface area contributed by atoms with E-state index in [9.17, 15) is 4.79 Å². The maximum Gasteiger partial charge on any atom is 0.165 e. The number of carbonyl (C=O) groups is 1. The van der Waals surface area contributed by atoms with Gasteiger partial charge in [-0.3, -0.25) is 4.79 Å². The van der Waals surface area contributed by atoms with Gasteiger partial charge in [-0.1, -0.05) is 61.5 Å². The lowest BCUT2D eigenvalue weighted by atomic mass is 9.94. The van der Waals surface area contributed by atoms with E-state index in [1.807, 2.05) is 42.5 Å². The zero-order valence-electron chi connectivity index (χ0n) is 11.4. The van der Waals surface area contributed by atoms with Crippen LogP contribution in [0.15, 0.2) is 54.6 Å². The molecule has 2 aromatic carbocycles. The Bertz CT molecular complexity index is 559. The van der Waals surface area contributed by atoms with Crippen LogP contribution in [0.25, 0.3) is 11.1 Å². The van der Waals surface area contributed by atoms with Gasteiger partial charge in [-0.15, -0.1) is 0 Å². The van der Waals surface area contributed by atoms with E-state index < -0.39 is 12.2 Å². The third-order valence-corrected chi connectivity index (χ3v) is 3.29. The molecule has 0 bridgehead atoms. The van der Waals surface area contributed by atoms with Gasteiger partial charge >= 0.3 is 0 Å². The molecule has 1 unspecified atom stereocenters. The Labute approximate surface area is 118 Å². The minimum Gasteiger partial charge on any atom is -0.368 e. The van der Waals surface area contributed by atoms with Gasteiger partial charge < -0.3 is 10.2 Å². The van der Waals surface area contributed by atoms with Crippen LogP contribution in [0.4, 0.5) is 0 Å². The van der Waals surface area contributed by atoms with E-state index in [4.69, 9.17) is 10.2 Å². The van der Waals surface area contributed by atoms with Crippen molar-refractivity contribution in [2.45, 2.75) is 19.6 Å². The smallest absolute Gasteiger partial charge is 0.165 e. The number of Topliss-reactive ketones (excluding diaryl/α,β-unsaturated/α-hetero) is 1. The Balaban J connectivity index is 2.14. The van der Waals surface area contributed by atoms with Gasteiger partial charge in [0.25, 0.3) is 0 Å². The zero-order valence-corrected chi connectivity index (χ0v) is 11.4. The molecule has 0 aliphatic carbocycles. The lowest BCUT2D eigenvalue weighted by molar-refractivity contribution is -0.0522. The van der Waals surface area contributed by atoms with Gasteiger partial charge in [0, 0.05) is 17.9 Å². The van der Waals surface area contributed by atoms with E-state index in [-0.39, 0.29) is 12.2 Å². The van der Waals surface area contributed by atoms with Crippen LogP contribution in [-0.2, 0) is 0 Å². The first-order valence-electron chi connectivity index (χ1n) is 6.64. The highest BCUT2D eigenvalue weighted by molar-refractivity contribution is 5.98. The second-order valence-corrected chi connectivity index (χ2v) is 4.92. The average Bonchev–Trinajstić information content (AvgIpc) is 2.47. The molecule has 0 fully saturated rings. The molecule has 104 valence electrons. The van der Waals surface area contributed by atoms with Crippen molar-refractivity contribution in [2.24, 2.45) is 5.92 Å². The van der Waals surface area contributed by atoms with Crippen molar-refractivity contribution in [1.82, 2.24) is 0 Å². The molecule has 0 heterocycles. The van der Waals surface area contributed by atoms with Gasteiger partial charge in [-0.25, -0.2) is 0 Å². The predicted molar refractivity (Wildman–Crippen MR) is 78.2 cm³/mol. The van der Waals surface area contributed by atoms with Crippen LogP contribution in [0.1, 0.15) is 23.7 Å². The Hall–Kier alpha value is -1.97. The second kappa shape index (κ2) is 6.46. The summed E-state index contributed by atoms with van der Waals surface area (Å²) in [7, 11) is 0. The van der Waals surface area contributed by atoms with Gasteiger partial charge in [-0.2, -0.15) is 0 Å². The van der Waals surface area contributed by atoms with Crippen LogP contribution in [-0.4, -0.2) is 22.3 Å². The largest absolute Gasteiger partial charge is 0.368 e. The Kier molecular flexibility index (Phi) is 4.66. The molecule has 3 heteroatoms. The topological polar surface area (TPSA) is 57.5 Å². The Morgan fingerprint density at radius 1 is 0.950 bits per heavy atom. The van der Waals surface area contributed by atoms with Crippen LogP contribution in [0, 0.1) is 5.92 Å². The van der Waals surface area contributed by atoms with E-state index in [0.29, 0.717) is 5.56 Å². The lowest BCUT2D eigenvalue weighted by Gasteiger charge is -2.12. The van der Waals surface area contributed by atoms with Gasteiger partial charge in [-0.05, 0) is 11.1 Å². The summed E-state index contributed by atoms with van der Waals surface area (Å²) in [4.78, 5) is 12.1. The molecule has 1 atom stereocenters. The quantitative estimate of drug-likeness (QED) is 0.649. The molecule has 0 amide bonds. The summed E-state index contributed by atoms with van der Waals surface area (Å²) in [6.45, 7) is 1.70. The minimum atomic E-state index is -1.45. The molecule has 0 saturated carbocycles. The highest BCUT2D eigenvalue weighted by Crippen LogP contribution is 2.21. The minimum absolute atomic E-state index is 0.0548. The zero-order chi connectivity index (χ0) is 14.5. The van der Waals surface area contributed by atoms with Crippen molar-refractivity contribution in [3.63, 3.8) is 0 Å². The summed E-state index contributed by atoms with van der Waals surface area (Å²) >= 11 is 0. The SMILES string of the molecule is CC(CC(O)O)C(=O)c1ccc(-c2ccccc2)cc1. The van der Waals surface area contributed by atoms with E-state index in [2.05, 4.69) is 0 Å². The normalized spacial score (nSPS) is 12.4. The number of aliphatic hydroxyl groups is 2. The van der Waals surface area contributed by atoms with Crippen LogP contribution in [0.3, 0.4) is 0 Å². The molecule has 0 aliphatic heterocycles. The molecular formula is C17H18O3. The standard InChI is InChI=1S/C17H18O3/c1-12(11-16(18)19)17(20)15-9-7-14(8-10-15)13-5-3-2-4-6-13/h2-10,12,16,18-19H,11H2,1H3. The number of ketones is 1. The van der Waals surface area contributed by atoms with Crippen LogP contribution in [0.2, 0.25) is 0 Å². The van der Waals surface area contributed by atoms with E-state index in [1.54, 1.807) is 19.1 Å². The highest BCUT2D eigenvalue weighted by atomic mass is 16.5. The monoisotopic (exact) mass is 270 g/mol. The van der Waals surface area contributed by atoms with E-state index in [1.165, 1.54) is 0 Å². The number of benzene rings is 2. The third kappa shape index (κ3) is 3.53. The highest BCUT2D eigenvalue weighted by Gasteiger charge is 2.17. The number of carbonyl (C=O) groups excluding carboxylic acids is 1. The molecule has 0 spiro atoms. The molecule has 0 radical (unpaired) electrons. The Morgan fingerprint density at radius 2 is 1.50 bits per heavy atom. The fourth-order valence-corrected chi connectivity index (χ4v) is 2.17. The number of hydrogen-bond donors (Lipinski definition) is 2. The first kappa shape index (κ1) is 14.4. The van der Waals surface area contributed by atoms with Gasteiger partial charge in [0.15, 0.2) is 12.1 Å². The summed E-state index contributed by atoms with van der Waals surface area (Å²) < 4.78 is 0. The summed E-state index contributed by atoms with van der Waals surface area (Å²) in [5, 5.41) is 17.8. The average molecular weight is 270 g/mol. The first-order valence-corrected chi connectivity index (χ1v) is 6.64. The van der Waals surface area contributed by atoms with Crippen molar-refractivity contribution >= 4 is 5.78 Å². The molecule has 2 rings (SSSR count). The number of hydrogen-bond acceptors (Lipinski definition) is 3. The van der Waals surface area contributed by atoms with Gasteiger partial charge in [0.05, 0.1) is 0 Å². The second-order valence-electron chi connectivity index (χ2n) is 4.92. The molecule has 0 saturated heterocycles. The van der Waals surface area contributed by atoms with Crippen molar-refractivity contribution in [3.8, 4) is 11.1 Å². The predicted octanol–water partition coefficient (Wildman–Crippen LogP) is 2.87. The number of aliphatic hydroxyl groups excluding tert-OH is 1. The van der Waals surface area contributed by atoms with Gasteiger partial charge in [0.2, 0.25) is 0 Å². The maximum atomic E-state index is 12.1. The summed E-state index contributed by atoms with van der Waals surface area (Å²) in [6, 6.07) is 17.3. The van der Waals surface area contributed by atoms with Crippen LogP contribution >= 0.6 is 0 Å². The first-order chi connectivity index (χ1) is 9.58. The van der Waals surface area contributed by atoms with Crippen molar-refractivity contribution in [3.05, 3.63) is 60.2 Å². The molecule has 2 N–H and O–H groups in total. The summed E-state index contributed by atoms with van der Waals surface area (Å²) in [5.74, 6) is -0.477. The van der Waals surface area contributed by atoms with Crippen LogP contribution < -0.4 is 0 Å². The van der Waals surface area contributed by atoms with Gasteiger partial charge in [0.1, 0.15) is 0 Å². The van der Waals surface area contributed by atoms with Crippen molar-refractivity contribution in [2.75, 3.05) is 0 Å². The Morgan fingerprint density at radius 3 is 2.05 bits per heavy atom. The third-order valence-electron chi connectivity index (χ3n) is 3.29. The maximum absolute atomic E-state index is 12.1. The number of rotatable bonds is 5. The summed E-state index contributed by atoms with van der Waals surface area (Å²) in [5.41, 5.74) is 2.75. The molecule has 3 nitrogen and oxygen atoms in total. The van der Waals surface area contributed by atoms with Crippen LogP contribution in [0.5, 0.6) is 0 Å². The molecular weight excluding hydrogens is 252 g/mol. The van der Waals surface area contributed by atoms with E-state index >= 15 is 0 Å². The molecule has 0 aromatic heterocycles. The fraction of sp³-hybridized carbons (Fsp3) is 0.235.